The Morgan fingerprint density at radius 1 is 1.14 bits per heavy atom. The molecule has 0 atom stereocenters. The van der Waals surface area contributed by atoms with Crippen molar-refractivity contribution in [2.75, 3.05) is 32.7 Å². The van der Waals surface area contributed by atoms with Gasteiger partial charge in [-0.05, 0) is 56.2 Å². The van der Waals surface area contributed by atoms with E-state index >= 15 is 0 Å². The van der Waals surface area contributed by atoms with Crippen molar-refractivity contribution in [2.24, 2.45) is 7.05 Å². The van der Waals surface area contributed by atoms with Gasteiger partial charge in [0.05, 0.1) is 44.1 Å². The molecular formula is C23H30N5O+. The molecule has 29 heavy (non-hydrogen) atoms. The van der Waals surface area contributed by atoms with E-state index < -0.39 is 0 Å². The van der Waals surface area contributed by atoms with Gasteiger partial charge in [0.15, 0.2) is 0 Å². The number of piperazine rings is 1. The zero-order chi connectivity index (χ0) is 20.5. The summed E-state index contributed by atoms with van der Waals surface area (Å²) in [7, 11) is 2.00. The maximum Gasteiger partial charge on any atom is 0.273 e. The standard InChI is InChI=1S/C23H29N5O/c1-5-26-11-13-27(14-12-26)23(29)22-16-19(20-7-6-10-25(20)4)24-28(22)21-15-17(2)8-9-18(21)3/h6-10,15-16H,5,11-14H2,1-4H3/p+1. The molecule has 0 spiro atoms. The molecule has 1 aromatic carbocycles. The normalized spacial score (nSPS) is 15.1. The number of carbonyl (C=O) groups is 1. The number of likely N-dealkylation sites (N-methyl/N-ethyl adjacent to an activating group) is 1. The Kier molecular flexibility index (Phi) is 5.28. The second kappa shape index (κ2) is 7.87. The molecule has 1 aliphatic heterocycles. The number of carbonyl (C=O) groups excluding carboxylic acids is 1. The number of aryl methyl sites for hydroxylation is 3. The molecule has 6 nitrogen and oxygen atoms in total. The molecule has 3 heterocycles. The van der Waals surface area contributed by atoms with Crippen LogP contribution in [0.3, 0.4) is 0 Å². The molecule has 2 aromatic heterocycles. The Morgan fingerprint density at radius 3 is 2.55 bits per heavy atom. The lowest BCUT2D eigenvalue weighted by molar-refractivity contribution is -0.902. The fourth-order valence-corrected chi connectivity index (χ4v) is 4.06. The Balaban J connectivity index is 1.77. The van der Waals surface area contributed by atoms with Crippen molar-refractivity contribution in [1.29, 1.82) is 0 Å². The van der Waals surface area contributed by atoms with Gasteiger partial charge in [0.1, 0.15) is 11.4 Å². The molecule has 6 heteroatoms. The number of aromatic nitrogens is 3. The van der Waals surface area contributed by atoms with Gasteiger partial charge in [-0.3, -0.25) is 4.79 Å². The van der Waals surface area contributed by atoms with Crippen LogP contribution < -0.4 is 4.90 Å². The number of nitrogens with zero attached hydrogens (tertiary/aromatic N) is 4. The minimum Gasteiger partial charge on any atom is -0.349 e. The van der Waals surface area contributed by atoms with Crippen LogP contribution in [0.2, 0.25) is 0 Å². The number of rotatable bonds is 4. The van der Waals surface area contributed by atoms with E-state index in [0.29, 0.717) is 5.69 Å². The number of benzene rings is 1. The number of hydrogen-bond acceptors (Lipinski definition) is 2. The average molecular weight is 393 g/mol. The number of amides is 1. The molecule has 152 valence electrons. The third kappa shape index (κ3) is 3.72. The minimum absolute atomic E-state index is 0.0639. The predicted octanol–water partition coefficient (Wildman–Crippen LogP) is 1.86. The van der Waals surface area contributed by atoms with Crippen molar-refractivity contribution in [3.05, 3.63) is 59.4 Å². The van der Waals surface area contributed by atoms with Gasteiger partial charge >= 0.3 is 0 Å². The second-order valence-electron chi connectivity index (χ2n) is 8.02. The first kappa shape index (κ1) is 19.5. The van der Waals surface area contributed by atoms with Crippen LogP contribution in [0.5, 0.6) is 0 Å². The van der Waals surface area contributed by atoms with Crippen molar-refractivity contribution < 1.29 is 9.69 Å². The maximum absolute atomic E-state index is 13.5. The van der Waals surface area contributed by atoms with Crippen LogP contribution in [0, 0.1) is 13.8 Å². The van der Waals surface area contributed by atoms with Crippen molar-refractivity contribution in [2.45, 2.75) is 20.8 Å². The highest BCUT2D eigenvalue weighted by Gasteiger charge is 2.28. The third-order valence-corrected chi connectivity index (χ3v) is 5.99. The van der Waals surface area contributed by atoms with Gasteiger partial charge in [-0.1, -0.05) is 12.1 Å². The van der Waals surface area contributed by atoms with E-state index in [1.807, 2.05) is 45.6 Å². The first-order valence-electron chi connectivity index (χ1n) is 10.4. The number of quaternary nitrogens is 1. The van der Waals surface area contributed by atoms with Crippen LogP contribution in [-0.2, 0) is 7.05 Å². The highest BCUT2D eigenvalue weighted by Crippen LogP contribution is 2.25. The van der Waals surface area contributed by atoms with E-state index in [-0.39, 0.29) is 5.91 Å². The van der Waals surface area contributed by atoms with Gasteiger partial charge in [0.25, 0.3) is 5.91 Å². The van der Waals surface area contributed by atoms with Crippen molar-refractivity contribution in [3.63, 3.8) is 0 Å². The monoisotopic (exact) mass is 392 g/mol. The minimum atomic E-state index is 0.0639. The van der Waals surface area contributed by atoms with Gasteiger partial charge in [0, 0.05) is 13.2 Å². The van der Waals surface area contributed by atoms with Crippen molar-refractivity contribution in [3.8, 4) is 17.1 Å². The van der Waals surface area contributed by atoms with Gasteiger partial charge < -0.3 is 14.4 Å². The van der Waals surface area contributed by atoms with Crippen LogP contribution in [-0.4, -0.2) is 57.9 Å². The summed E-state index contributed by atoms with van der Waals surface area (Å²) < 4.78 is 3.87. The molecule has 1 saturated heterocycles. The van der Waals surface area contributed by atoms with E-state index in [1.165, 1.54) is 0 Å². The lowest BCUT2D eigenvalue weighted by atomic mass is 10.1. The highest BCUT2D eigenvalue weighted by atomic mass is 16.2. The molecule has 1 amide bonds. The van der Waals surface area contributed by atoms with Crippen LogP contribution in [0.15, 0.2) is 42.6 Å². The summed E-state index contributed by atoms with van der Waals surface area (Å²) in [6, 6.07) is 12.3. The molecule has 0 aliphatic carbocycles. The summed E-state index contributed by atoms with van der Waals surface area (Å²) in [5, 5.41) is 4.88. The molecule has 0 unspecified atom stereocenters. The fourth-order valence-electron chi connectivity index (χ4n) is 4.06. The van der Waals surface area contributed by atoms with Gasteiger partial charge in [0.2, 0.25) is 0 Å². The molecular weight excluding hydrogens is 362 g/mol. The largest absolute Gasteiger partial charge is 0.349 e. The summed E-state index contributed by atoms with van der Waals surface area (Å²) in [6.45, 7) is 11.0. The van der Waals surface area contributed by atoms with Gasteiger partial charge in [-0.25, -0.2) is 4.68 Å². The van der Waals surface area contributed by atoms with Crippen LogP contribution in [0.4, 0.5) is 0 Å². The first-order chi connectivity index (χ1) is 14.0. The maximum atomic E-state index is 13.5. The van der Waals surface area contributed by atoms with Crippen molar-refractivity contribution in [1.82, 2.24) is 19.2 Å². The Labute approximate surface area is 172 Å². The third-order valence-electron chi connectivity index (χ3n) is 5.99. The average Bonchev–Trinajstić information content (AvgIpc) is 3.35. The lowest BCUT2D eigenvalue weighted by Crippen LogP contribution is -3.14. The Morgan fingerprint density at radius 2 is 1.90 bits per heavy atom. The second-order valence-corrected chi connectivity index (χ2v) is 8.02. The SMILES string of the molecule is CC[NH+]1CCN(C(=O)c2cc(-c3cccn3C)nn2-c2cc(C)ccc2C)CC1. The van der Waals surface area contributed by atoms with E-state index in [2.05, 4.69) is 39.0 Å². The van der Waals surface area contributed by atoms with Gasteiger partial charge in [-0.15, -0.1) is 0 Å². The molecule has 1 N–H and O–H groups in total. The summed E-state index contributed by atoms with van der Waals surface area (Å²) in [5.41, 5.74) is 5.68. The van der Waals surface area contributed by atoms with E-state index in [4.69, 9.17) is 5.10 Å². The van der Waals surface area contributed by atoms with Crippen LogP contribution >= 0.6 is 0 Å². The summed E-state index contributed by atoms with van der Waals surface area (Å²) in [6.07, 6.45) is 2.00. The molecule has 0 saturated carbocycles. The van der Waals surface area contributed by atoms with Crippen LogP contribution in [0.25, 0.3) is 17.1 Å². The molecule has 0 bridgehead atoms. The zero-order valence-electron chi connectivity index (χ0n) is 17.8. The number of nitrogens with one attached hydrogen (secondary N) is 1. The number of hydrogen-bond donors (Lipinski definition) is 1. The van der Waals surface area contributed by atoms with Gasteiger partial charge in [-0.2, -0.15) is 5.10 Å². The molecule has 1 aliphatic rings. The smallest absolute Gasteiger partial charge is 0.273 e. The predicted molar refractivity (Wildman–Crippen MR) is 115 cm³/mol. The molecule has 4 rings (SSSR count). The fraction of sp³-hybridized carbons (Fsp3) is 0.391. The molecule has 0 radical (unpaired) electrons. The van der Waals surface area contributed by atoms with Crippen LogP contribution in [0.1, 0.15) is 28.5 Å². The Hall–Kier alpha value is -2.86. The summed E-state index contributed by atoms with van der Waals surface area (Å²) >= 11 is 0. The topological polar surface area (TPSA) is 47.5 Å². The summed E-state index contributed by atoms with van der Waals surface area (Å²) in [5.74, 6) is 0.0639. The quantitative estimate of drug-likeness (QED) is 0.737. The summed E-state index contributed by atoms with van der Waals surface area (Å²) in [4.78, 5) is 17.0. The molecule has 1 fully saturated rings. The zero-order valence-corrected chi connectivity index (χ0v) is 17.8. The lowest BCUT2D eigenvalue weighted by Gasteiger charge is -2.31. The molecule has 3 aromatic rings. The Bertz CT molecular complexity index is 1020. The van der Waals surface area contributed by atoms with E-state index in [1.54, 1.807) is 4.90 Å². The van der Waals surface area contributed by atoms with E-state index in [0.717, 1.165) is 60.9 Å². The highest BCUT2D eigenvalue weighted by molar-refractivity contribution is 5.94. The van der Waals surface area contributed by atoms with Crippen molar-refractivity contribution >= 4 is 5.91 Å². The van der Waals surface area contributed by atoms with E-state index in [9.17, 15) is 4.79 Å². The first-order valence-corrected chi connectivity index (χ1v) is 10.4.